The second-order valence-corrected chi connectivity index (χ2v) is 4.82. The summed E-state index contributed by atoms with van der Waals surface area (Å²) < 4.78 is 37.9. The van der Waals surface area contributed by atoms with E-state index >= 15 is 0 Å². The molecule has 0 amide bonds. The molecule has 1 aromatic carbocycles. The van der Waals surface area contributed by atoms with Crippen LogP contribution in [0.1, 0.15) is 21.5 Å². The number of benzene rings is 1. The van der Waals surface area contributed by atoms with Gasteiger partial charge in [-0.05, 0) is 36.1 Å². The van der Waals surface area contributed by atoms with Crippen LogP contribution < -0.4 is 0 Å². The Morgan fingerprint density at radius 3 is 2.44 bits per heavy atom. The molecule has 18 heavy (non-hydrogen) atoms. The lowest BCUT2D eigenvalue weighted by Crippen LogP contribution is -2.05. The standard InChI is InChI=1S/C13H9F3OS/c1-8-4-12(18-7-8)11-5-10(13(14,15)16)3-2-9(11)6-17/h2-7H,1H3. The van der Waals surface area contributed by atoms with Gasteiger partial charge in [-0.25, -0.2) is 0 Å². The Morgan fingerprint density at radius 1 is 1.22 bits per heavy atom. The van der Waals surface area contributed by atoms with Gasteiger partial charge in [0, 0.05) is 16.0 Å². The smallest absolute Gasteiger partial charge is 0.298 e. The second kappa shape index (κ2) is 4.57. The van der Waals surface area contributed by atoms with Gasteiger partial charge in [0.05, 0.1) is 5.56 Å². The van der Waals surface area contributed by atoms with Crippen molar-refractivity contribution in [2.24, 2.45) is 0 Å². The summed E-state index contributed by atoms with van der Waals surface area (Å²) in [4.78, 5) is 11.6. The predicted octanol–water partition coefficient (Wildman–Crippen LogP) is 4.55. The number of hydrogen-bond donors (Lipinski definition) is 0. The van der Waals surface area contributed by atoms with Crippen LogP contribution in [0, 0.1) is 6.92 Å². The molecule has 0 saturated carbocycles. The van der Waals surface area contributed by atoms with E-state index in [0.717, 1.165) is 17.7 Å². The Hall–Kier alpha value is -1.62. The van der Waals surface area contributed by atoms with Crippen LogP contribution in [0.25, 0.3) is 10.4 Å². The molecule has 0 radical (unpaired) electrons. The molecule has 0 unspecified atom stereocenters. The molecule has 0 aliphatic heterocycles. The molecular weight excluding hydrogens is 261 g/mol. The Balaban J connectivity index is 2.60. The normalized spacial score (nSPS) is 11.6. The quantitative estimate of drug-likeness (QED) is 0.731. The summed E-state index contributed by atoms with van der Waals surface area (Å²) in [6, 6.07) is 4.93. The maximum Gasteiger partial charge on any atom is 0.416 e. The number of aldehydes is 1. The summed E-state index contributed by atoms with van der Waals surface area (Å²) >= 11 is 1.33. The summed E-state index contributed by atoms with van der Waals surface area (Å²) in [5.74, 6) is 0. The van der Waals surface area contributed by atoms with Gasteiger partial charge in [-0.2, -0.15) is 13.2 Å². The first-order chi connectivity index (χ1) is 8.41. The summed E-state index contributed by atoms with van der Waals surface area (Å²) in [5.41, 5.74) is 0.821. The van der Waals surface area contributed by atoms with E-state index < -0.39 is 11.7 Å². The van der Waals surface area contributed by atoms with E-state index in [9.17, 15) is 18.0 Å². The zero-order valence-corrected chi connectivity index (χ0v) is 10.2. The van der Waals surface area contributed by atoms with Crippen molar-refractivity contribution in [1.29, 1.82) is 0 Å². The van der Waals surface area contributed by atoms with Gasteiger partial charge in [-0.3, -0.25) is 4.79 Å². The van der Waals surface area contributed by atoms with Crippen LogP contribution in [-0.2, 0) is 6.18 Å². The highest BCUT2D eigenvalue weighted by atomic mass is 32.1. The van der Waals surface area contributed by atoms with Crippen LogP contribution in [-0.4, -0.2) is 6.29 Å². The zero-order valence-electron chi connectivity index (χ0n) is 9.41. The predicted molar refractivity (Wildman–Crippen MR) is 64.9 cm³/mol. The molecule has 1 nitrogen and oxygen atoms in total. The van der Waals surface area contributed by atoms with Crippen molar-refractivity contribution in [3.8, 4) is 10.4 Å². The van der Waals surface area contributed by atoms with Crippen molar-refractivity contribution >= 4 is 17.6 Å². The minimum Gasteiger partial charge on any atom is -0.298 e. The number of carbonyl (C=O) groups is 1. The Kier molecular flexibility index (Phi) is 3.26. The lowest BCUT2D eigenvalue weighted by Gasteiger charge is -2.09. The maximum absolute atomic E-state index is 12.6. The number of alkyl halides is 3. The van der Waals surface area contributed by atoms with Gasteiger partial charge in [0.1, 0.15) is 0 Å². The van der Waals surface area contributed by atoms with Crippen molar-refractivity contribution < 1.29 is 18.0 Å². The fourth-order valence-electron chi connectivity index (χ4n) is 1.62. The van der Waals surface area contributed by atoms with E-state index in [2.05, 4.69) is 0 Å². The molecule has 5 heteroatoms. The lowest BCUT2D eigenvalue weighted by molar-refractivity contribution is -0.137. The van der Waals surface area contributed by atoms with Crippen LogP contribution >= 0.6 is 11.3 Å². The van der Waals surface area contributed by atoms with E-state index in [0.29, 0.717) is 16.7 Å². The Labute approximate surface area is 106 Å². The number of rotatable bonds is 2. The monoisotopic (exact) mass is 270 g/mol. The van der Waals surface area contributed by atoms with Crippen LogP contribution in [0.3, 0.4) is 0 Å². The van der Waals surface area contributed by atoms with Crippen LogP contribution in [0.2, 0.25) is 0 Å². The minimum atomic E-state index is -4.40. The lowest BCUT2D eigenvalue weighted by atomic mass is 10.0. The van der Waals surface area contributed by atoms with Gasteiger partial charge >= 0.3 is 6.18 Å². The molecule has 0 atom stereocenters. The highest BCUT2D eigenvalue weighted by Gasteiger charge is 2.31. The highest BCUT2D eigenvalue weighted by Crippen LogP contribution is 2.35. The largest absolute Gasteiger partial charge is 0.416 e. The number of hydrogen-bond acceptors (Lipinski definition) is 2. The topological polar surface area (TPSA) is 17.1 Å². The minimum absolute atomic E-state index is 0.268. The summed E-state index contributed by atoms with van der Waals surface area (Å²) in [7, 11) is 0. The molecule has 0 spiro atoms. The molecule has 1 heterocycles. The van der Waals surface area contributed by atoms with Crippen LogP contribution in [0.15, 0.2) is 29.6 Å². The molecule has 0 fully saturated rings. The van der Waals surface area contributed by atoms with Crippen molar-refractivity contribution in [2.45, 2.75) is 13.1 Å². The average molecular weight is 270 g/mol. The van der Waals surface area contributed by atoms with E-state index in [1.807, 2.05) is 12.3 Å². The van der Waals surface area contributed by atoms with Crippen molar-refractivity contribution in [3.63, 3.8) is 0 Å². The molecule has 2 rings (SSSR count). The van der Waals surface area contributed by atoms with E-state index in [4.69, 9.17) is 0 Å². The first-order valence-electron chi connectivity index (χ1n) is 5.14. The number of thiophene rings is 1. The number of aryl methyl sites for hydroxylation is 1. The third-order valence-corrected chi connectivity index (χ3v) is 3.58. The molecule has 0 N–H and O–H groups in total. The van der Waals surface area contributed by atoms with Crippen molar-refractivity contribution in [2.75, 3.05) is 0 Å². The third kappa shape index (κ3) is 2.46. The summed E-state index contributed by atoms with van der Waals surface area (Å²) in [5, 5.41) is 1.84. The van der Waals surface area contributed by atoms with Gasteiger partial charge in [-0.1, -0.05) is 6.07 Å². The van der Waals surface area contributed by atoms with Crippen molar-refractivity contribution in [1.82, 2.24) is 0 Å². The fourth-order valence-corrected chi connectivity index (χ4v) is 2.56. The highest BCUT2D eigenvalue weighted by molar-refractivity contribution is 7.13. The molecular formula is C13H9F3OS. The maximum atomic E-state index is 12.6. The summed E-state index contributed by atoms with van der Waals surface area (Å²) in [6.07, 6.45) is -3.83. The molecule has 1 aromatic heterocycles. The van der Waals surface area contributed by atoms with Gasteiger partial charge in [0.15, 0.2) is 6.29 Å². The first-order valence-corrected chi connectivity index (χ1v) is 6.01. The fraction of sp³-hybridized carbons (Fsp3) is 0.154. The van der Waals surface area contributed by atoms with E-state index in [1.54, 1.807) is 6.07 Å². The average Bonchev–Trinajstić information content (AvgIpc) is 2.73. The molecule has 94 valence electrons. The number of halogens is 3. The molecule has 0 aliphatic carbocycles. The summed E-state index contributed by atoms with van der Waals surface area (Å²) in [6.45, 7) is 1.86. The van der Waals surface area contributed by atoms with Crippen molar-refractivity contribution in [3.05, 3.63) is 46.3 Å². The second-order valence-electron chi connectivity index (χ2n) is 3.91. The molecule has 0 saturated heterocycles. The first kappa shape index (κ1) is 12.8. The Morgan fingerprint density at radius 2 is 1.94 bits per heavy atom. The molecule has 2 aromatic rings. The van der Waals surface area contributed by atoms with Gasteiger partial charge in [0.25, 0.3) is 0 Å². The molecule has 0 bridgehead atoms. The van der Waals surface area contributed by atoms with Gasteiger partial charge in [0.2, 0.25) is 0 Å². The van der Waals surface area contributed by atoms with Gasteiger partial charge < -0.3 is 0 Å². The van der Waals surface area contributed by atoms with Crippen LogP contribution in [0.4, 0.5) is 13.2 Å². The number of carbonyl (C=O) groups excluding carboxylic acids is 1. The van der Waals surface area contributed by atoms with E-state index in [1.165, 1.54) is 17.4 Å². The van der Waals surface area contributed by atoms with Crippen LogP contribution in [0.5, 0.6) is 0 Å². The van der Waals surface area contributed by atoms with E-state index in [-0.39, 0.29) is 5.56 Å². The third-order valence-electron chi connectivity index (χ3n) is 2.50. The zero-order chi connectivity index (χ0) is 13.3. The Bertz CT molecular complexity index is 584. The van der Waals surface area contributed by atoms with Gasteiger partial charge in [-0.15, -0.1) is 11.3 Å². The SMILES string of the molecule is Cc1csc(-c2cc(C(F)(F)F)ccc2C=O)c1. The molecule has 0 aliphatic rings.